The number of alkyl halides is 2. The van der Waals surface area contributed by atoms with Gasteiger partial charge >= 0.3 is 11.9 Å². The van der Waals surface area contributed by atoms with Gasteiger partial charge in [0.1, 0.15) is 11.8 Å². The second kappa shape index (κ2) is 6.68. The van der Waals surface area contributed by atoms with Crippen molar-refractivity contribution in [3.63, 3.8) is 0 Å². The average Bonchev–Trinajstić information content (AvgIpc) is 2.31. The van der Waals surface area contributed by atoms with Crippen LogP contribution in [0.25, 0.3) is 0 Å². The Morgan fingerprint density at radius 2 is 2.11 bits per heavy atom. The SMILES string of the molecule is CCOC(=O)C(F)(F)[C@@H](N)c1cc(C)ccc1O.Cl. The van der Waals surface area contributed by atoms with Crippen LogP contribution in [0.2, 0.25) is 0 Å². The zero-order chi connectivity index (χ0) is 13.9. The lowest BCUT2D eigenvalue weighted by molar-refractivity contribution is -0.174. The van der Waals surface area contributed by atoms with Crippen molar-refractivity contribution in [2.24, 2.45) is 5.73 Å². The fourth-order valence-electron chi connectivity index (χ4n) is 1.47. The summed E-state index contributed by atoms with van der Waals surface area (Å²) in [5.74, 6) is -5.96. The van der Waals surface area contributed by atoms with Crippen LogP contribution in [-0.2, 0) is 9.53 Å². The first-order chi connectivity index (χ1) is 8.30. The van der Waals surface area contributed by atoms with Gasteiger partial charge in [-0.05, 0) is 19.9 Å². The maximum Gasteiger partial charge on any atom is 0.379 e. The highest BCUT2D eigenvalue weighted by molar-refractivity contribution is 5.85. The van der Waals surface area contributed by atoms with Crippen LogP contribution in [0.4, 0.5) is 8.78 Å². The Morgan fingerprint density at radius 3 is 2.63 bits per heavy atom. The number of phenols is 1. The van der Waals surface area contributed by atoms with Crippen molar-refractivity contribution in [3.05, 3.63) is 29.3 Å². The van der Waals surface area contributed by atoms with E-state index in [1.165, 1.54) is 19.1 Å². The second-order valence-corrected chi connectivity index (χ2v) is 3.88. The van der Waals surface area contributed by atoms with Crippen LogP contribution in [0, 0.1) is 6.92 Å². The predicted octanol–water partition coefficient (Wildman–Crippen LogP) is 2.32. The number of nitrogens with two attached hydrogens (primary N) is 1. The monoisotopic (exact) mass is 295 g/mol. The number of aromatic hydroxyl groups is 1. The smallest absolute Gasteiger partial charge is 0.379 e. The number of carbonyl (C=O) groups excluding carboxylic acids is 1. The van der Waals surface area contributed by atoms with Crippen LogP contribution >= 0.6 is 12.4 Å². The van der Waals surface area contributed by atoms with Crippen molar-refractivity contribution in [2.45, 2.75) is 25.8 Å². The molecule has 1 aromatic carbocycles. The van der Waals surface area contributed by atoms with Crippen LogP contribution in [0.3, 0.4) is 0 Å². The fraction of sp³-hybridized carbons (Fsp3) is 0.417. The van der Waals surface area contributed by atoms with E-state index in [2.05, 4.69) is 4.74 Å². The lowest BCUT2D eigenvalue weighted by Gasteiger charge is -2.22. The number of carbonyl (C=O) groups is 1. The van der Waals surface area contributed by atoms with Crippen molar-refractivity contribution >= 4 is 18.4 Å². The number of aryl methyl sites for hydroxylation is 1. The molecule has 3 N–H and O–H groups in total. The van der Waals surface area contributed by atoms with Crippen molar-refractivity contribution < 1.29 is 23.4 Å². The van der Waals surface area contributed by atoms with E-state index in [4.69, 9.17) is 5.73 Å². The number of halogens is 3. The van der Waals surface area contributed by atoms with Crippen LogP contribution in [0.15, 0.2) is 18.2 Å². The van der Waals surface area contributed by atoms with Gasteiger partial charge in [0.2, 0.25) is 0 Å². The summed E-state index contributed by atoms with van der Waals surface area (Å²) >= 11 is 0. The van der Waals surface area contributed by atoms with Gasteiger partial charge in [0.15, 0.2) is 0 Å². The van der Waals surface area contributed by atoms with Gasteiger partial charge in [-0.1, -0.05) is 17.7 Å². The van der Waals surface area contributed by atoms with Crippen molar-refractivity contribution in [3.8, 4) is 5.75 Å². The summed E-state index contributed by atoms with van der Waals surface area (Å²) in [7, 11) is 0. The third-order valence-corrected chi connectivity index (χ3v) is 2.46. The molecule has 0 radical (unpaired) electrons. The highest BCUT2D eigenvalue weighted by Crippen LogP contribution is 2.35. The number of hydrogen-bond acceptors (Lipinski definition) is 4. The minimum Gasteiger partial charge on any atom is -0.508 e. The molecule has 1 rings (SSSR count). The molecule has 108 valence electrons. The molecular formula is C12H16ClF2NO3. The molecule has 0 spiro atoms. The first kappa shape index (κ1) is 17.6. The Hall–Kier alpha value is -1.40. The highest BCUT2D eigenvalue weighted by Gasteiger charge is 2.48. The molecule has 0 aliphatic rings. The van der Waals surface area contributed by atoms with Crippen molar-refractivity contribution in [2.75, 3.05) is 6.61 Å². The molecule has 4 nitrogen and oxygen atoms in total. The first-order valence-electron chi connectivity index (χ1n) is 5.40. The molecule has 1 atom stereocenters. The van der Waals surface area contributed by atoms with Gasteiger partial charge in [-0.15, -0.1) is 12.4 Å². The van der Waals surface area contributed by atoms with Crippen LogP contribution < -0.4 is 5.73 Å². The fourth-order valence-corrected chi connectivity index (χ4v) is 1.47. The van der Waals surface area contributed by atoms with Gasteiger partial charge in [-0.3, -0.25) is 0 Å². The molecule has 0 aliphatic heterocycles. The maximum atomic E-state index is 13.7. The Bertz CT molecular complexity index is 455. The minimum atomic E-state index is -3.89. The molecule has 0 saturated heterocycles. The zero-order valence-electron chi connectivity index (χ0n) is 10.5. The lowest BCUT2D eigenvalue weighted by atomic mass is 9.98. The van der Waals surface area contributed by atoms with E-state index in [-0.39, 0.29) is 30.3 Å². The van der Waals surface area contributed by atoms with Gasteiger partial charge in [0.25, 0.3) is 0 Å². The number of esters is 1. The van der Waals surface area contributed by atoms with Crippen LogP contribution in [0.1, 0.15) is 24.1 Å². The lowest BCUT2D eigenvalue weighted by Crippen LogP contribution is -2.41. The third kappa shape index (κ3) is 3.78. The van der Waals surface area contributed by atoms with Gasteiger partial charge < -0.3 is 15.6 Å². The average molecular weight is 296 g/mol. The maximum absolute atomic E-state index is 13.7. The van der Waals surface area contributed by atoms with E-state index in [0.717, 1.165) is 0 Å². The normalized spacial score (nSPS) is 12.5. The Balaban J connectivity index is 0.00000324. The number of benzene rings is 1. The van der Waals surface area contributed by atoms with Gasteiger partial charge in [-0.2, -0.15) is 8.78 Å². The number of phenolic OH excluding ortho intramolecular Hbond substituents is 1. The third-order valence-electron chi connectivity index (χ3n) is 2.46. The summed E-state index contributed by atoms with van der Waals surface area (Å²) in [5, 5.41) is 9.51. The van der Waals surface area contributed by atoms with Crippen LogP contribution in [0.5, 0.6) is 5.75 Å². The Kier molecular flexibility index (Phi) is 6.18. The predicted molar refractivity (Wildman–Crippen MR) is 68.6 cm³/mol. The van der Waals surface area contributed by atoms with E-state index >= 15 is 0 Å². The molecule has 19 heavy (non-hydrogen) atoms. The van der Waals surface area contributed by atoms with Gasteiger partial charge in [-0.25, -0.2) is 4.79 Å². The summed E-state index contributed by atoms with van der Waals surface area (Å²) in [5.41, 5.74) is 5.83. The van der Waals surface area contributed by atoms with E-state index in [9.17, 15) is 18.7 Å². The summed E-state index contributed by atoms with van der Waals surface area (Å²) < 4.78 is 31.6. The van der Waals surface area contributed by atoms with Crippen LogP contribution in [-0.4, -0.2) is 23.6 Å². The standard InChI is InChI=1S/C12H15F2NO3.ClH/c1-3-18-11(17)12(13,14)10(15)8-6-7(2)4-5-9(8)16;/h4-6,10,16H,3,15H2,1-2H3;1H/t10-;/m0./s1. The molecule has 0 unspecified atom stereocenters. The Morgan fingerprint density at radius 1 is 1.53 bits per heavy atom. The number of hydrogen-bond donors (Lipinski definition) is 2. The molecule has 0 aliphatic carbocycles. The topological polar surface area (TPSA) is 72.5 Å². The Labute approximate surface area is 116 Å². The molecule has 0 amide bonds. The van der Waals surface area contributed by atoms with Gasteiger partial charge in [0.05, 0.1) is 6.61 Å². The molecule has 7 heteroatoms. The first-order valence-corrected chi connectivity index (χ1v) is 5.40. The zero-order valence-corrected chi connectivity index (χ0v) is 11.3. The largest absolute Gasteiger partial charge is 0.508 e. The quantitative estimate of drug-likeness (QED) is 0.836. The van der Waals surface area contributed by atoms with E-state index in [1.54, 1.807) is 13.0 Å². The number of ether oxygens (including phenoxy) is 1. The summed E-state index contributed by atoms with van der Waals surface area (Å²) in [6.07, 6.45) is 0. The molecular weight excluding hydrogens is 280 g/mol. The molecule has 0 saturated carbocycles. The number of rotatable bonds is 4. The van der Waals surface area contributed by atoms with Crippen molar-refractivity contribution in [1.29, 1.82) is 0 Å². The molecule has 0 bridgehead atoms. The molecule has 0 aromatic heterocycles. The summed E-state index contributed by atoms with van der Waals surface area (Å²) in [4.78, 5) is 11.1. The minimum absolute atomic E-state index is 0. The second-order valence-electron chi connectivity index (χ2n) is 3.88. The van der Waals surface area contributed by atoms with Gasteiger partial charge in [0, 0.05) is 5.56 Å². The highest BCUT2D eigenvalue weighted by atomic mass is 35.5. The van der Waals surface area contributed by atoms with E-state index in [1.807, 2.05) is 0 Å². The molecule has 0 fully saturated rings. The van der Waals surface area contributed by atoms with E-state index < -0.39 is 17.9 Å². The van der Waals surface area contributed by atoms with Crippen molar-refractivity contribution in [1.82, 2.24) is 0 Å². The van der Waals surface area contributed by atoms with E-state index in [0.29, 0.717) is 5.56 Å². The summed E-state index contributed by atoms with van der Waals surface area (Å²) in [6.45, 7) is 2.92. The summed E-state index contributed by atoms with van der Waals surface area (Å²) in [6, 6.07) is 2.17. The molecule has 0 heterocycles. The molecule has 1 aromatic rings.